The van der Waals surface area contributed by atoms with E-state index >= 15 is 0 Å². The fourth-order valence-electron chi connectivity index (χ4n) is 4.12. The second kappa shape index (κ2) is 13.1. The SMILES string of the molecule is COc1ccc(OC)c(NC(=O)C[C@H]2SC(=Nc3ccc(Cl)cc3)N(CCCN3CCOCC3)C2=O)c1. The van der Waals surface area contributed by atoms with Crippen LogP contribution in [0.5, 0.6) is 11.5 Å². The van der Waals surface area contributed by atoms with E-state index in [1.54, 1.807) is 54.5 Å². The Bertz CT molecular complexity index is 1120. The van der Waals surface area contributed by atoms with Gasteiger partial charge in [-0.2, -0.15) is 0 Å². The summed E-state index contributed by atoms with van der Waals surface area (Å²) in [6.07, 6.45) is 0.801. The number of hydrogen-bond donors (Lipinski definition) is 1. The number of aliphatic imine (C=N–C) groups is 1. The standard InChI is InChI=1S/C26H31ClN4O5S/c1-34-20-8-9-22(35-2)21(16-20)29-24(32)17-23-25(33)31(11-3-10-30-12-14-36-15-13-30)26(37-23)28-19-6-4-18(27)5-7-19/h4-9,16,23H,3,10-15,17H2,1-2H3,(H,29,32)/t23-/m1/s1. The Morgan fingerprint density at radius 1 is 1.14 bits per heavy atom. The van der Waals surface area contributed by atoms with Crippen LogP contribution in [0.25, 0.3) is 0 Å². The third kappa shape index (κ3) is 7.38. The van der Waals surface area contributed by atoms with Gasteiger partial charge in [0.15, 0.2) is 5.17 Å². The van der Waals surface area contributed by atoms with Crippen LogP contribution >= 0.6 is 23.4 Å². The molecule has 2 aromatic rings. The van der Waals surface area contributed by atoms with Crippen molar-refractivity contribution in [1.29, 1.82) is 0 Å². The van der Waals surface area contributed by atoms with Crippen molar-refractivity contribution >= 4 is 51.7 Å². The Hall–Kier alpha value is -2.79. The number of methoxy groups -OCH3 is 2. The van der Waals surface area contributed by atoms with E-state index in [9.17, 15) is 9.59 Å². The van der Waals surface area contributed by atoms with Crippen LogP contribution in [0.4, 0.5) is 11.4 Å². The average Bonchev–Trinajstić information content (AvgIpc) is 3.19. The summed E-state index contributed by atoms with van der Waals surface area (Å²) in [5.74, 6) is 0.686. The zero-order valence-corrected chi connectivity index (χ0v) is 22.5. The summed E-state index contributed by atoms with van der Waals surface area (Å²) in [5, 5.41) is 3.48. The van der Waals surface area contributed by atoms with Crippen molar-refractivity contribution in [3.8, 4) is 11.5 Å². The van der Waals surface area contributed by atoms with Gasteiger partial charge in [0.2, 0.25) is 11.8 Å². The number of amides is 2. The molecule has 11 heteroatoms. The van der Waals surface area contributed by atoms with E-state index in [1.807, 2.05) is 0 Å². The van der Waals surface area contributed by atoms with Crippen molar-refractivity contribution in [3.63, 3.8) is 0 Å². The topological polar surface area (TPSA) is 92.7 Å². The number of nitrogens with one attached hydrogen (secondary N) is 1. The molecule has 2 aliphatic heterocycles. The van der Waals surface area contributed by atoms with E-state index in [4.69, 9.17) is 30.8 Å². The van der Waals surface area contributed by atoms with E-state index in [-0.39, 0.29) is 18.2 Å². The Morgan fingerprint density at radius 3 is 2.59 bits per heavy atom. The lowest BCUT2D eigenvalue weighted by Gasteiger charge is -2.27. The number of hydrogen-bond acceptors (Lipinski definition) is 8. The molecule has 0 bridgehead atoms. The molecule has 2 saturated heterocycles. The monoisotopic (exact) mass is 546 g/mol. The largest absolute Gasteiger partial charge is 0.497 e. The molecule has 2 fully saturated rings. The second-order valence-corrected chi connectivity index (χ2v) is 10.2. The van der Waals surface area contributed by atoms with Crippen molar-refractivity contribution in [2.24, 2.45) is 4.99 Å². The summed E-state index contributed by atoms with van der Waals surface area (Å²) in [6.45, 7) is 4.65. The van der Waals surface area contributed by atoms with Gasteiger partial charge in [-0.25, -0.2) is 4.99 Å². The molecule has 1 N–H and O–H groups in total. The smallest absolute Gasteiger partial charge is 0.242 e. The van der Waals surface area contributed by atoms with Gasteiger partial charge in [-0.15, -0.1) is 0 Å². The van der Waals surface area contributed by atoms with Gasteiger partial charge in [-0.3, -0.25) is 19.4 Å². The summed E-state index contributed by atoms with van der Waals surface area (Å²) in [6, 6.07) is 12.3. The first-order valence-electron chi connectivity index (χ1n) is 12.1. The maximum atomic E-state index is 13.4. The summed E-state index contributed by atoms with van der Waals surface area (Å²) in [4.78, 5) is 35.1. The highest BCUT2D eigenvalue weighted by Crippen LogP contribution is 2.33. The van der Waals surface area contributed by atoms with Crippen LogP contribution in [0.15, 0.2) is 47.5 Å². The van der Waals surface area contributed by atoms with E-state index < -0.39 is 5.25 Å². The molecule has 2 aromatic carbocycles. The van der Waals surface area contributed by atoms with Crippen molar-refractivity contribution in [1.82, 2.24) is 9.80 Å². The third-order valence-electron chi connectivity index (χ3n) is 6.08. The number of carbonyl (C=O) groups is 2. The summed E-state index contributed by atoms with van der Waals surface area (Å²) in [5.41, 5.74) is 1.18. The number of halogens is 1. The summed E-state index contributed by atoms with van der Waals surface area (Å²) in [7, 11) is 3.08. The number of carbonyl (C=O) groups excluding carboxylic acids is 2. The lowest BCUT2D eigenvalue weighted by molar-refractivity contribution is -0.128. The molecule has 1 atom stereocenters. The number of thioether (sulfide) groups is 1. The molecule has 9 nitrogen and oxygen atoms in total. The molecule has 0 unspecified atom stereocenters. The number of benzene rings is 2. The van der Waals surface area contributed by atoms with Crippen molar-refractivity contribution in [3.05, 3.63) is 47.5 Å². The Kier molecular flexibility index (Phi) is 9.68. The van der Waals surface area contributed by atoms with Gasteiger partial charge in [-0.05, 0) is 42.8 Å². The van der Waals surface area contributed by atoms with Gasteiger partial charge in [-0.1, -0.05) is 23.4 Å². The van der Waals surface area contributed by atoms with Gasteiger partial charge < -0.3 is 19.5 Å². The van der Waals surface area contributed by atoms with Crippen LogP contribution in [0.3, 0.4) is 0 Å². The van der Waals surface area contributed by atoms with Gasteiger partial charge in [0.1, 0.15) is 16.7 Å². The van der Waals surface area contributed by atoms with Gasteiger partial charge in [0.25, 0.3) is 0 Å². The summed E-state index contributed by atoms with van der Waals surface area (Å²) < 4.78 is 16.0. The van der Waals surface area contributed by atoms with Crippen molar-refractivity contribution < 1.29 is 23.8 Å². The van der Waals surface area contributed by atoms with E-state index in [2.05, 4.69) is 10.2 Å². The van der Waals surface area contributed by atoms with Crippen molar-refractivity contribution in [2.75, 3.05) is 58.9 Å². The highest BCUT2D eigenvalue weighted by molar-refractivity contribution is 8.15. The lowest BCUT2D eigenvalue weighted by atomic mass is 10.2. The van der Waals surface area contributed by atoms with Crippen molar-refractivity contribution in [2.45, 2.75) is 18.1 Å². The second-order valence-electron chi connectivity index (χ2n) is 8.59. The number of morpholine rings is 1. The Balaban J connectivity index is 1.45. The van der Waals surface area contributed by atoms with Crippen LogP contribution in [0, 0.1) is 0 Å². The quantitative estimate of drug-likeness (QED) is 0.481. The van der Waals surface area contributed by atoms with Crippen LogP contribution in [-0.4, -0.2) is 85.6 Å². The molecular formula is C26H31ClN4O5S. The number of ether oxygens (including phenoxy) is 3. The van der Waals surface area contributed by atoms with Gasteiger partial charge in [0, 0.05) is 43.7 Å². The van der Waals surface area contributed by atoms with E-state index in [1.165, 1.54) is 18.9 Å². The molecule has 0 radical (unpaired) electrons. The minimum Gasteiger partial charge on any atom is -0.497 e. The minimum atomic E-state index is -0.578. The molecule has 0 spiro atoms. The first-order valence-corrected chi connectivity index (χ1v) is 13.4. The van der Waals surface area contributed by atoms with Gasteiger partial charge in [0.05, 0.1) is 38.8 Å². The molecule has 37 heavy (non-hydrogen) atoms. The first-order chi connectivity index (χ1) is 18.0. The number of rotatable bonds is 10. The number of nitrogens with zero attached hydrogens (tertiary/aromatic N) is 3. The molecule has 2 amide bonds. The van der Waals surface area contributed by atoms with Crippen LogP contribution in [0.1, 0.15) is 12.8 Å². The number of amidine groups is 1. The third-order valence-corrected chi connectivity index (χ3v) is 7.51. The average molecular weight is 547 g/mol. The van der Waals surface area contributed by atoms with Crippen LogP contribution in [0.2, 0.25) is 5.02 Å². The molecule has 2 aliphatic rings. The molecular weight excluding hydrogens is 516 g/mol. The zero-order valence-electron chi connectivity index (χ0n) is 20.9. The van der Waals surface area contributed by atoms with Crippen LogP contribution in [-0.2, 0) is 14.3 Å². The zero-order chi connectivity index (χ0) is 26.2. The highest BCUT2D eigenvalue weighted by atomic mass is 35.5. The lowest BCUT2D eigenvalue weighted by Crippen LogP contribution is -2.39. The maximum absolute atomic E-state index is 13.4. The van der Waals surface area contributed by atoms with Gasteiger partial charge >= 0.3 is 0 Å². The molecule has 198 valence electrons. The van der Waals surface area contributed by atoms with Crippen LogP contribution < -0.4 is 14.8 Å². The molecule has 2 heterocycles. The predicted molar refractivity (Wildman–Crippen MR) is 146 cm³/mol. The van der Waals surface area contributed by atoms with E-state index in [0.29, 0.717) is 39.6 Å². The van der Waals surface area contributed by atoms with E-state index in [0.717, 1.165) is 39.3 Å². The fraction of sp³-hybridized carbons (Fsp3) is 0.423. The first kappa shape index (κ1) is 27.3. The maximum Gasteiger partial charge on any atom is 0.242 e. The fourth-order valence-corrected chi connectivity index (χ4v) is 5.43. The minimum absolute atomic E-state index is 0.00344. The number of anilines is 1. The summed E-state index contributed by atoms with van der Waals surface area (Å²) >= 11 is 7.33. The Labute approximate surface area is 226 Å². The molecule has 0 aliphatic carbocycles. The predicted octanol–water partition coefficient (Wildman–Crippen LogP) is 4.04. The molecule has 0 saturated carbocycles. The molecule has 4 rings (SSSR count). The Morgan fingerprint density at radius 2 is 1.89 bits per heavy atom. The normalized spacial score (nSPS) is 19.3. The highest BCUT2D eigenvalue weighted by Gasteiger charge is 2.39. The molecule has 0 aromatic heterocycles.